The summed E-state index contributed by atoms with van der Waals surface area (Å²) in [5.41, 5.74) is 8.02. The lowest BCUT2D eigenvalue weighted by Crippen LogP contribution is -1.99. The van der Waals surface area contributed by atoms with Crippen LogP contribution in [0.4, 0.5) is 5.69 Å². The molecule has 29 heavy (non-hydrogen) atoms. The molecule has 5 nitrogen and oxygen atoms in total. The van der Waals surface area contributed by atoms with Gasteiger partial charge in [-0.1, -0.05) is 60.7 Å². The molecule has 0 radical (unpaired) electrons. The van der Waals surface area contributed by atoms with Crippen molar-refractivity contribution in [2.75, 3.05) is 5.43 Å². The molecule has 0 aliphatic carbocycles. The van der Waals surface area contributed by atoms with E-state index >= 15 is 0 Å². The number of aromatic nitrogens is 1. The van der Waals surface area contributed by atoms with Crippen LogP contribution < -0.4 is 5.43 Å². The van der Waals surface area contributed by atoms with E-state index in [2.05, 4.69) is 57.7 Å². The third-order valence-electron chi connectivity index (χ3n) is 4.72. The Morgan fingerprint density at radius 2 is 1.66 bits per heavy atom. The van der Waals surface area contributed by atoms with Crippen LogP contribution in [0.2, 0.25) is 0 Å². The summed E-state index contributed by atoms with van der Waals surface area (Å²) >= 11 is 0. The van der Waals surface area contributed by atoms with E-state index in [1.54, 1.807) is 12.1 Å². The quantitative estimate of drug-likeness (QED) is 0.357. The van der Waals surface area contributed by atoms with Crippen molar-refractivity contribution in [3.63, 3.8) is 0 Å². The van der Waals surface area contributed by atoms with Crippen LogP contribution in [0.5, 0.6) is 0 Å². The van der Waals surface area contributed by atoms with Crippen molar-refractivity contribution in [3.8, 4) is 0 Å². The summed E-state index contributed by atoms with van der Waals surface area (Å²) < 4.78 is 2.23. The van der Waals surface area contributed by atoms with Gasteiger partial charge in [0.15, 0.2) is 0 Å². The SMILES string of the molecule is O=C(O)Cc1ccc(NN=Cc2cn(Cc3ccccc3)c3ccccc23)cc1. The second-order valence-corrected chi connectivity index (χ2v) is 6.85. The van der Waals surface area contributed by atoms with E-state index in [0.29, 0.717) is 0 Å². The first-order valence-corrected chi connectivity index (χ1v) is 9.40. The minimum atomic E-state index is -0.837. The molecule has 0 atom stereocenters. The Bertz CT molecular complexity index is 1150. The molecule has 4 rings (SSSR count). The van der Waals surface area contributed by atoms with Crippen LogP contribution in [0.15, 0.2) is 90.2 Å². The highest BCUT2D eigenvalue weighted by Gasteiger charge is 2.07. The number of carboxylic acid groups (broad SMARTS) is 1. The van der Waals surface area contributed by atoms with Gasteiger partial charge in [-0.15, -0.1) is 0 Å². The Morgan fingerprint density at radius 3 is 2.41 bits per heavy atom. The number of benzene rings is 3. The third-order valence-corrected chi connectivity index (χ3v) is 4.72. The molecule has 5 heteroatoms. The number of fused-ring (bicyclic) bond motifs is 1. The Kier molecular flexibility index (Phi) is 5.38. The largest absolute Gasteiger partial charge is 0.481 e. The number of anilines is 1. The fourth-order valence-corrected chi connectivity index (χ4v) is 3.34. The number of rotatable bonds is 7. The van der Waals surface area contributed by atoms with E-state index in [9.17, 15) is 4.79 Å². The molecular weight excluding hydrogens is 362 g/mol. The molecule has 0 aliphatic heterocycles. The van der Waals surface area contributed by atoms with E-state index in [1.165, 1.54) is 5.56 Å². The lowest BCUT2D eigenvalue weighted by Gasteiger charge is -2.05. The minimum Gasteiger partial charge on any atom is -0.481 e. The van der Waals surface area contributed by atoms with Crippen molar-refractivity contribution in [1.82, 2.24) is 4.57 Å². The van der Waals surface area contributed by atoms with Gasteiger partial charge in [-0.2, -0.15) is 5.10 Å². The van der Waals surface area contributed by atoms with Crippen molar-refractivity contribution < 1.29 is 9.90 Å². The van der Waals surface area contributed by atoms with Crippen LogP contribution in [0.1, 0.15) is 16.7 Å². The van der Waals surface area contributed by atoms with Crippen molar-refractivity contribution in [2.24, 2.45) is 5.10 Å². The van der Waals surface area contributed by atoms with E-state index in [4.69, 9.17) is 5.11 Å². The number of aliphatic carboxylic acids is 1. The summed E-state index contributed by atoms with van der Waals surface area (Å²) in [7, 11) is 0. The van der Waals surface area contributed by atoms with Gasteiger partial charge in [0, 0.05) is 29.2 Å². The summed E-state index contributed by atoms with van der Waals surface area (Å²) in [5, 5.41) is 14.4. The summed E-state index contributed by atoms with van der Waals surface area (Å²) in [6, 6.07) is 25.9. The number of hydrogen-bond donors (Lipinski definition) is 2. The smallest absolute Gasteiger partial charge is 0.307 e. The minimum absolute atomic E-state index is 0.0183. The Hall–Kier alpha value is -3.86. The number of hydrogen-bond acceptors (Lipinski definition) is 3. The van der Waals surface area contributed by atoms with Gasteiger partial charge in [0.25, 0.3) is 0 Å². The fraction of sp³-hybridized carbons (Fsp3) is 0.0833. The molecule has 144 valence electrons. The number of hydrazone groups is 1. The molecule has 0 saturated heterocycles. The summed E-state index contributed by atoms with van der Waals surface area (Å²) in [6.07, 6.45) is 3.94. The second kappa shape index (κ2) is 8.44. The standard InChI is InChI=1S/C24H21N3O2/c28-24(29)14-18-10-12-21(13-11-18)26-25-15-20-17-27(16-19-6-2-1-3-7-19)23-9-5-4-8-22(20)23/h1-13,15,17,26H,14,16H2,(H,28,29). The first-order valence-electron chi connectivity index (χ1n) is 9.40. The topological polar surface area (TPSA) is 66.6 Å². The average molecular weight is 383 g/mol. The third kappa shape index (κ3) is 4.52. The van der Waals surface area contributed by atoms with Crippen LogP contribution in [0, 0.1) is 0 Å². The van der Waals surface area contributed by atoms with Gasteiger partial charge in [0.05, 0.1) is 18.3 Å². The molecule has 0 amide bonds. The first-order chi connectivity index (χ1) is 14.2. The number of carbonyl (C=O) groups is 1. The Labute approximate surface area is 168 Å². The molecule has 0 saturated carbocycles. The average Bonchev–Trinajstić information content (AvgIpc) is 3.07. The van der Waals surface area contributed by atoms with Gasteiger partial charge in [-0.25, -0.2) is 0 Å². The Balaban J connectivity index is 1.52. The molecule has 0 bridgehead atoms. The number of carboxylic acids is 1. The van der Waals surface area contributed by atoms with Crippen LogP contribution in [-0.4, -0.2) is 21.9 Å². The first kappa shape index (κ1) is 18.5. The van der Waals surface area contributed by atoms with E-state index in [-0.39, 0.29) is 6.42 Å². The van der Waals surface area contributed by atoms with E-state index in [0.717, 1.165) is 34.3 Å². The maximum Gasteiger partial charge on any atom is 0.307 e. The highest BCUT2D eigenvalue weighted by molar-refractivity contribution is 5.99. The predicted molar refractivity (Wildman–Crippen MR) is 116 cm³/mol. The van der Waals surface area contributed by atoms with Crippen LogP contribution >= 0.6 is 0 Å². The molecule has 2 N–H and O–H groups in total. The summed E-state index contributed by atoms with van der Waals surface area (Å²) in [6.45, 7) is 0.799. The molecule has 0 spiro atoms. The van der Waals surface area contributed by atoms with Crippen LogP contribution in [0.25, 0.3) is 10.9 Å². The molecule has 3 aromatic carbocycles. The lowest BCUT2D eigenvalue weighted by atomic mass is 10.1. The molecular formula is C24H21N3O2. The molecule has 0 unspecified atom stereocenters. The highest BCUT2D eigenvalue weighted by atomic mass is 16.4. The van der Waals surface area contributed by atoms with Crippen molar-refractivity contribution in [3.05, 3.63) is 102 Å². The number of nitrogens with zero attached hydrogens (tertiary/aromatic N) is 2. The number of nitrogens with one attached hydrogen (secondary N) is 1. The maximum atomic E-state index is 10.8. The normalized spacial score (nSPS) is 11.2. The van der Waals surface area contributed by atoms with Gasteiger partial charge in [-0.3, -0.25) is 10.2 Å². The molecule has 1 aromatic heterocycles. The predicted octanol–water partition coefficient (Wildman–Crippen LogP) is 4.76. The van der Waals surface area contributed by atoms with Crippen LogP contribution in [-0.2, 0) is 17.8 Å². The van der Waals surface area contributed by atoms with Gasteiger partial charge in [0.2, 0.25) is 0 Å². The van der Waals surface area contributed by atoms with Crippen molar-refractivity contribution in [1.29, 1.82) is 0 Å². The van der Waals surface area contributed by atoms with E-state index in [1.807, 2.05) is 36.5 Å². The summed E-state index contributed by atoms with van der Waals surface area (Å²) in [4.78, 5) is 10.8. The van der Waals surface area contributed by atoms with Gasteiger partial charge in [-0.05, 0) is 29.3 Å². The lowest BCUT2D eigenvalue weighted by molar-refractivity contribution is -0.136. The van der Waals surface area contributed by atoms with Crippen molar-refractivity contribution >= 4 is 28.8 Å². The fourth-order valence-electron chi connectivity index (χ4n) is 3.34. The number of para-hydroxylation sites is 1. The van der Waals surface area contributed by atoms with Gasteiger partial charge < -0.3 is 9.67 Å². The van der Waals surface area contributed by atoms with Gasteiger partial charge >= 0.3 is 5.97 Å². The zero-order valence-electron chi connectivity index (χ0n) is 15.8. The second-order valence-electron chi connectivity index (χ2n) is 6.85. The van der Waals surface area contributed by atoms with Crippen molar-refractivity contribution in [2.45, 2.75) is 13.0 Å². The Morgan fingerprint density at radius 1 is 0.931 bits per heavy atom. The summed E-state index contributed by atoms with van der Waals surface area (Å²) in [5.74, 6) is -0.837. The zero-order valence-corrected chi connectivity index (χ0v) is 15.8. The molecule has 4 aromatic rings. The molecule has 0 fully saturated rings. The zero-order chi connectivity index (χ0) is 20.1. The van der Waals surface area contributed by atoms with Crippen LogP contribution in [0.3, 0.4) is 0 Å². The molecule has 1 heterocycles. The monoisotopic (exact) mass is 383 g/mol. The maximum absolute atomic E-state index is 10.8. The van der Waals surface area contributed by atoms with Gasteiger partial charge in [0.1, 0.15) is 0 Å². The molecule has 0 aliphatic rings. The highest BCUT2D eigenvalue weighted by Crippen LogP contribution is 2.21. The van der Waals surface area contributed by atoms with E-state index < -0.39 is 5.97 Å².